The minimum Gasteiger partial charge on any atom is -0.478 e. The van der Waals surface area contributed by atoms with Gasteiger partial charge in [-0.25, -0.2) is 9.59 Å². The van der Waals surface area contributed by atoms with Gasteiger partial charge in [-0.1, -0.05) is 30.3 Å². The van der Waals surface area contributed by atoms with Crippen molar-refractivity contribution >= 4 is 17.8 Å². The third kappa shape index (κ3) is 4.72. The van der Waals surface area contributed by atoms with Gasteiger partial charge in [-0.2, -0.15) is 0 Å². The number of benzene rings is 1. The van der Waals surface area contributed by atoms with Crippen molar-refractivity contribution in [1.82, 2.24) is 15.1 Å². The number of aromatic nitrogens is 2. The second-order valence-electron chi connectivity index (χ2n) is 6.85. The van der Waals surface area contributed by atoms with Crippen LogP contribution in [0.2, 0.25) is 0 Å². The van der Waals surface area contributed by atoms with Gasteiger partial charge in [-0.3, -0.25) is 0 Å². The smallest absolute Gasteiger partial charge is 0.328 e. The maximum Gasteiger partial charge on any atom is 0.328 e. The number of nitrogens with zero attached hydrogens (tertiary/aromatic N) is 4. The normalized spacial score (nSPS) is 20.8. The molecule has 0 radical (unpaired) electrons. The number of carboxylic acids is 2. The molecule has 2 N–H and O–H groups in total. The first-order chi connectivity index (χ1) is 13.4. The van der Waals surface area contributed by atoms with Gasteiger partial charge in [0.15, 0.2) is 5.82 Å². The molecule has 8 heteroatoms. The van der Waals surface area contributed by atoms with Crippen LogP contribution in [0.1, 0.15) is 0 Å². The van der Waals surface area contributed by atoms with Gasteiger partial charge in [-0.15, -0.1) is 10.2 Å². The van der Waals surface area contributed by atoms with Crippen LogP contribution in [0, 0.1) is 5.92 Å². The summed E-state index contributed by atoms with van der Waals surface area (Å²) >= 11 is 0. The van der Waals surface area contributed by atoms with Crippen LogP contribution < -0.4 is 4.90 Å². The van der Waals surface area contributed by atoms with Gasteiger partial charge in [0.25, 0.3) is 0 Å². The van der Waals surface area contributed by atoms with Crippen molar-refractivity contribution in [2.24, 2.45) is 5.92 Å². The van der Waals surface area contributed by atoms with E-state index in [0.29, 0.717) is 18.2 Å². The topological polar surface area (TPSA) is 107 Å². The Kier molecular flexibility index (Phi) is 6.00. The van der Waals surface area contributed by atoms with Crippen molar-refractivity contribution in [2.45, 2.75) is 6.04 Å². The molecular weight excluding hydrogens is 360 g/mol. The van der Waals surface area contributed by atoms with E-state index in [-0.39, 0.29) is 0 Å². The average Bonchev–Trinajstić information content (AvgIpc) is 2.97. The summed E-state index contributed by atoms with van der Waals surface area (Å²) in [7, 11) is 2.20. The lowest BCUT2D eigenvalue weighted by Crippen LogP contribution is -2.56. The molecule has 0 unspecified atom stereocenters. The number of likely N-dealkylation sites (N-methyl/N-ethyl adjacent to an activating group) is 1. The highest BCUT2D eigenvalue weighted by atomic mass is 16.4. The van der Waals surface area contributed by atoms with Crippen LogP contribution in [0.5, 0.6) is 0 Å². The number of aliphatic carboxylic acids is 2. The predicted octanol–water partition coefficient (Wildman–Crippen LogP) is 1.61. The Bertz CT molecular complexity index is 838. The third-order valence-corrected chi connectivity index (χ3v) is 4.80. The first kappa shape index (κ1) is 19.5. The molecule has 1 aromatic carbocycles. The van der Waals surface area contributed by atoms with E-state index < -0.39 is 11.9 Å². The van der Waals surface area contributed by atoms with E-state index in [1.165, 1.54) is 6.54 Å². The van der Waals surface area contributed by atoms with E-state index in [9.17, 15) is 9.59 Å². The number of anilines is 1. The Morgan fingerprint density at radius 3 is 2.18 bits per heavy atom. The molecule has 28 heavy (non-hydrogen) atoms. The van der Waals surface area contributed by atoms with Gasteiger partial charge in [0, 0.05) is 49.3 Å². The summed E-state index contributed by atoms with van der Waals surface area (Å²) in [5.74, 6) is -0.684. The van der Waals surface area contributed by atoms with E-state index >= 15 is 0 Å². The maximum absolute atomic E-state index is 9.55. The van der Waals surface area contributed by atoms with Crippen molar-refractivity contribution in [3.05, 3.63) is 54.6 Å². The number of likely N-dealkylation sites (tertiary alicyclic amines) is 1. The molecule has 2 fully saturated rings. The molecule has 2 aliphatic heterocycles. The molecule has 8 nitrogen and oxygen atoms in total. The molecule has 0 bridgehead atoms. The zero-order valence-electron chi connectivity index (χ0n) is 15.5. The first-order valence-electron chi connectivity index (χ1n) is 8.92. The molecule has 2 aromatic rings. The van der Waals surface area contributed by atoms with Gasteiger partial charge in [0.05, 0.1) is 5.69 Å². The van der Waals surface area contributed by atoms with Crippen molar-refractivity contribution < 1.29 is 19.8 Å². The van der Waals surface area contributed by atoms with Gasteiger partial charge < -0.3 is 20.0 Å². The molecule has 1 aromatic heterocycles. The van der Waals surface area contributed by atoms with Crippen LogP contribution in [0.3, 0.4) is 0 Å². The maximum atomic E-state index is 9.55. The fourth-order valence-electron chi connectivity index (χ4n) is 3.49. The summed E-state index contributed by atoms with van der Waals surface area (Å²) in [6.45, 7) is 3.48. The van der Waals surface area contributed by atoms with Crippen LogP contribution >= 0.6 is 0 Å². The molecular formula is C20H22N4O4. The minimum absolute atomic E-state index is 0.558. The highest BCUT2D eigenvalue weighted by molar-refractivity contribution is 5.89. The summed E-state index contributed by atoms with van der Waals surface area (Å²) in [6, 6.07) is 15.0. The fourth-order valence-corrected chi connectivity index (χ4v) is 3.49. The Hall–Kier alpha value is -3.26. The summed E-state index contributed by atoms with van der Waals surface area (Å²) in [4.78, 5) is 23.9. The lowest BCUT2D eigenvalue weighted by Gasteiger charge is -2.44. The van der Waals surface area contributed by atoms with Crippen LogP contribution in [0.15, 0.2) is 54.6 Å². The molecule has 0 aliphatic carbocycles. The molecule has 2 saturated heterocycles. The second kappa shape index (κ2) is 8.62. The third-order valence-electron chi connectivity index (χ3n) is 4.80. The highest BCUT2D eigenvalue weighted by Crippen LogP contribution is 2.34. The zero-order valence-corrected chi connectivity index (χ0v) is 15.5. The van der Waals surface area contributed by atoms with Gasteiger partial charge in [-0.05, 0) is 19.2 Å². The van der Waals surface area contributed by atoms with Gasteiger partial charge in [0.1, 0.15) is 0 Å². The molecule has 0 amide bonds. The monoisotopic (exact) mass is 382 g/mol. The molecule has 2 atom stereocenters. The SMILES string of the molecule is CN1C[C@@H]2CN(c3ccc(-c4ccccc4)nn3)[C@@H]2C1.O=C(O)/C=C/C(=O)O. The molecule has 146 valence electrons. The number of fused-ring (bicyclic) bond motifs is 1. The standard InChI is InChI=1S/C16H18N4.C4H4O4/c1-19-9-13-10-20(15(13)11-19)16-8-7-14(17-18-16)12-5-3-2-4-6-12;5-3(6)1-2-4(7)8/h2-8,13,15H,9-11H2,1H3;1-2H,(H,5,6)(H,7,8)/b;2-1+/t13-,15-;/m1./s1. The Morgan fingerprint density at radius 2 is 1.64 bits per heavy atom. The van der Waals surface area contributed by atoms with Crippen LogP contribution in [0.25, 0.3) is 11.3 Å². The molecule has 4 rings (SSSR count). The minimum atomic E-state index is -1.26. The van der Waals surface area contributed by atoms with Crippen LogP contribution in [-0.2, 0) is 9.59 Å². The Morgan fingerprint density at radius 1 is 0.964 bits per heavy atom. The van der Waals surface area contributed by atoms with Gasteiger partial charge in [0.2, 0.25) is 0 Å². The highest BCUT2D eigenvalue weighted by Gasteiger charge is 2.45. The Balaban J connectivity index is 0.000000242. The molecule has 0 spiro atoms. The second-order valence-corrected chi connectivity index (χ2v) is 6.85. The summed E-state index contributed by atoms with van der Waals surface area (Å²) in [5.41, 5.74) is 2.06. The molecule has 2 aliphatic rings. The first-order valence-corrected chi connectivity index (χ1v) is 8.92. The number of hydrogen-bond acceptors (Lipinski definition) is 6. The largest absolute Gasteiger partial charge is 0.478 e. The van der Waals surface area contributed by atoms with Crippen molar-refractivity contribution in [1.29, 1.82) is 0 Å². The van der Waals surface area contributed by atoms with Gasteiger partial charge >= 0.3 is 11.9 Å². The predicted molar refractivity (Wildman–Crippen MR) is 104 cm³/mol. The van der Waals surface area contributed by atoms with E-state index in [4.69, 9.17) is 10.2 Å². The number of hydrogen-bond donors (Lipinski definition) is 2. The van der Waals surface area contributed by atoms with E-state index in [1.54, 1.807) is 0 Å². The van der Waals surface area contributed by atoms with Crippen molar-refractivity contribution in [3.8, 4) is 11.3 Å². The fraction of sp³-hybridized carbons (Fsp3) is 0.300. The van der Waals surface area contributed by atoms with Crippen LogP contribution in [0.4, 0.5) is 5.82 Å². The number of rotatable bonds is 4. The number of carboxylic acid groups (broad SMARTS) is 2. The van der Waals surface area contributed by atoms with E-state index in [0.717, 1.165) is 36.1 Å². The van der Waals surface area contributed by atoms with E-state index in [2.05, 4.69) is 51.3 Å². The average molecular weight is 382 g/mol. The lowest BCUT2D eigenvalue weighted by atomic mass is 9.92. The number of carbonyl (C=O) groups is 2. The quantitative estimate of drug-likeness (QED) is 0.768. The van der Waals surface area contributed by atoms with Crippen molar-refractivity contribution in [3.63, 3.8) is 0 Å². The lowest BCUT2D eigenvalue weighted by molar-refractivity contribution is -0.134. The Labute approximate surface area is 162 Å². The summed E-state index contributed by atoms with van der Waals surface area (Å²) in [5, 5.41) is 24.4. The summed E-state index contributed by atoms with van der Waals surface area (Å²) in [6.07, 6.45) is 1.12. The molecule has 0 saturated carbocycles. The van der Waals surface area contributed by atoms with E-state index in [1.807, 2.05) is 18.2 Å². The summed E-state index contributed by atoms with van der Waals surface area (Å²) < 4.78 is 0. The zero-order chi connectivity index (χ0) is 20.1. The van der Waals surface area contributed by atoms with Crippen LogP contribution in [-0.4, -0.2) is 70.0 Å². The van der Waals surface area contributed by atoms with Crippen molar-refractivity contribution in [2.75, 3.05) is 31.6 Å². The molecule has 3 heterocycles.